The number of carbonyl (C=O) groups is 2. The zero-order valence-electron chi connectivity index (χ0n) is 18.8. The number of hydrogen-bond acceptors (Lipinski definition) is 7. The zero-order valence-corrected chi connectivity index (χ0v) is 18.8. The van der Waals surface area contributed by atoms with Gasteiger partial charge in [-0.2, -0.15) is 10.2 Å². The highest BCUT2D eigenvalue weighted by Crippen LogP contribution is 2.38. The largest absolute Gasteiger partial charge is 0.493 e. The third kappa shape index (κ3) is 4.88. The Labute approximate surface area is 195 Å². The highest BCUT2D eigenvalue weighted by molar-refractivity contribution is 5.95. The summed E-state index contributed by atoms with van der Waals surface area (Å²) in [7, 11) is 2.88. The molecule has 0 fully saturated rings. The van der Waals surface area contributed by atoms with Gasteiger partial charge in [-0.3, -0.25) is 14.7 Å². The maximum Gasteiger partial charge on any atom is 0.308 e. The van der Waals surface area contributed by atoms with E-state index in [1.54, 1.807) is 18.2 Å². The number of aromatic amines is 1. The number of methoxy groups -OCH3 is 2. The lowest BCUT2D eigenvalue weighted by atomic mass is 10.1. The molecule has 0 atom stereocenters. The smallest absolute Gasteiger partial charge is 0.308 e. The lowest BCUT2D eigenvalue weighted by molar-refractivity contribution is -0.132. The van der Waals surface area contributed by atoms with Crippen LogP contribution in [0.4, 0.5) is 0 Å². The van der Waals surface area contributed by atoms with Gasteiger partial charge in [0.05, 0.1) is 26.1 Å². The average Bonchev–Trinajstić information content (AvgIpc) is 3.34. The van der Waals surface area contributed by atoms with Gasteiger partial charge in [0.1, 0.15) is 5.69 Å². The fourth-order valence-electron chi connectivity index (χ4n) is 3.38. The highest BCUT2D eigenvalue weighted by atomic mass is 16.6. The third-order valence-electron chi connectivity index (χ3n) is 4.98. The monoisotopic (exact) mass is 458 g/mol. The summed E-state index contributed by atoms with van der Waals surface area (Å²) < 4.78 is 15.7. The van der Waals surface area contributed by atoms with E-state index in [0.29, 0.717) is 11.3 Å². The van der Waals surface area contributed by atoms with Crippen LogP contribution in [0.5, 0.6) is 17.2 Å². The maximum atomic E-state index is 12.5. The number of nitrogens with one attached hydrogen (secondary N) is 2. The molecule has 0 spiro atoms. The Bertz CT molecular complexity index is 1370. The van der Waals surface area contributed by atoms with Gasteiger partial charge in [0.15, 0.2) is 11.5 Å². The molecule has 3 aromatic carbocycles. The second kappa shape index (κ2) is 9.86. The molecule has 34 heavy (non-hydrogen) atoms. The average molecular weight is 458 g/mol. The van der Waals surface area contributed by atoms with Gasteiger partial charge in [0, 0.05) is 18.1 Å². The fourth-order valence-corrected chi connectivity index (χ4v) is 3.38. The van der Waals surface area contributed by atoms with Crippen LogP contribution in [0.2, 0.25) is 0 Å². The van der Waals surface area contributed by atoms with Crippen molar-refractivity contribution in [2.75, 3.05) is 14.2 Å². The Morgan fingerprint density at radius 3 is 2.35 bits per heavy atom. The number of esters is 1. The van der Waals surface area contributed by atoms with Crippen molar-refractivity contribution in [1.82, 2.24) is 15.6 Å². The summed E-state index contributed by atoms with van der Waals surface area (Å²) in [5, 5.41) is 13.2. The van der Waals surface area contributed by atoms with Crippen molar-refractivity contribution in [3.63, 3.8) is 0 Å². The fraction of sp³-hybridized carbons (Fsp3) is 0.120. The number of nitrogens with zero attached hydrogens (tertiary/aromatic N) is 2. The maximum absolute atomic E-state index is 12.5. The van der Waals surface area contributed by atoms with E-state index in [1.165, 1.54) is 27.4 Å². The molecule has 1 aromatic heterocycles. The molecule has 0 bridgehead atoms. The molecule has 1 amide bonds. The van der Waals surface area contributed by atoms with E-state index in [2.05, 4.69) is 20.7 Å². The number of fused-ring (bicyclic) bond motifs is 1. The normalized spacial score (nSPS) is 10.9. The van der Waals surface area contributed by atoms with Crippen LogP contribution in [0.1, 0.15) is 23.0 Å². The van der Waals surface area contributed by atoms with Gasteiger partial charge in [-0.25, -0.2) is 5.43 Å². The van der Waals surface area contributed by atoms with Crippen molar-refractivity contribution in [2.45, 2.75) is 6.92 Å². The molecule has 2 N–H and O–H groups in total. The van der Waals surface area contributed by atoms with Crippen LogP contribution in [0.25, 0.3) is 22.0 Å². The van der Waals surface area contributed by atoms with Crippen LogP contribution in [-0.4, -0.2) is 42.5 Å². The van der Waals surface area contributed by atoms with Crippen molar-refractivity contribution < 1.29 is 23.8 Å². The van der Waals surface area contributed by atoms with E-state index < -0.39 is 11.9 Å². The van der Waals surface area contributed by atoms with E-state index >= 15 is 0 Å². The van der Waals surface area contributed by atoms with Crippen molar-refractivity contribution in [3.05, 3.63) is 71.9 Å². The van der Waals surface area contributed by atoms with Crippen molar-refractivity contribution in [3.8, 4) is 28.5 Å². The van der Waals surface area contributed by atoms with Crippen molar-refractivity contribution in [2.24, 2.45) is 5.10 Å². The van der Waals surface area contributed by atoms with E-state index in [9.17, 15) is 9.59 Å². The van der Waals surface area contributed by atoms with Crippen molar-refractivity contribution >= 4 is 28.9 Å². The summed E-state index contributed by atoms with van der Waals surface area (Å²) >= 11 is 0. The number of amides is 1. The quantitative estimate of drug-likeness (QED) is 0.188. The Morgan fingerprint density at radius 2 is 1.68 bits per heavy atom. The molecule has 0 aliphatic rings. The second-order valence-electron chi connectivity index (χ2n) is 7.28. The zero-order chi connectivity index (χ0) is 24.1. The van der Waals surface area contributed by atoms with Gasteiger partial charge in [-0.15, -0.1) is 0 Å². The Hall–Kier alpha value is -4.66. The topological polar surface area (TPSA) is 115 Å². The summed E-state index contributed by atoms with van der Waals surface area (Å²) in [6.45, 7) is 1.28. The van der Waals surface area contributed by atoms with Crippen LogP contribution >= 0.6 is 0 Å². The Kier molecular flexibility index (Phi) is 6.54. The molecule has 0 radical (unpaired) electrons. The Balaban J connectivity index is 1.48. The van der Waals surface area contributed by atoms with Gasteiger partial charge in [0.2, 0.25) is 5.75 Å². The minimum absolute atomic E-state index is 0.164. The summed E-state index contributed by atoms with van der Waals surface area (Å²) in [6, 6.07) is 18.9. The molecule has 9 nitrogen and oxygen atoms in total. The molecular weight excluding hydrogens is 436 g/mol. The molecule has 172 valence electrons. The molecular formula is C25H22N4O5. The third-order valence-corrected chi connectivity index (χ3v) is 4.98. The molecule has 4 aromatic rings. The van der Waals surface area contributed by atoms with Gasteiger partial charge < -0.3 is 14.2 Å². The number of H-pyrrole nitrogens is 1. The molecule has 0 saturated heterocycles. The number of rotatable bonds is 7. The number of ether oxygens (including phenoxy) is 3. The van der Waals surface area contributed by atoms with Gasteiger partial charge in [0.25, 0.3) is 5.91 Å². The van der Waals surface area contributed by atoms with E-state index in [-0.39, 0.29) is 22.9 Å². The summed E-state index contributed by atoms with van der Waals surface area (Å²) in [5.74, 6) is -0.219. The van der Waals surface area contributed by atoms with Crippen LogP contribution in [0.3, 0.4) is 0 Å². The summed E-state index contributed by atoms with van der Waals surface area (Å²) in [5.41, 5.74) is 4.82. The molecule has 0 saturated carbocycles. The molecule has 0 aliphatic heterocycles. The predicted octanol–water partition coefficient (Wildman–Crippen LogP) is 3.94. The van der Waals surface area contributed by atoms with Crippen LogP contribution < -0.4 is 19.6 Å². The summed E-state index contributed by atoms with van der Waals surface area (Å²) in [6.07, 6.45) is 1.42. The first kappa shape index (κ1) is 22.5. The number of carbonyl (C=O) groups excluding carboxylic acids is 2. The first-order valence-corrected chi connectivity index (χ1v) is 10.3. The molecule has 0 aliphatic carbocycles. The number of aromatic nitrogens is 2. The first-order valence-electron chi connectivity index (χ1n) is 10.3. The van der Waals surface area contributed by atoms with Crippen LogP contribution in [0.15, 0.2) is 65.8 Å². The number of hydrazone groups is 1. The minimum Gasteiger partial charge on any atom is -0.493 e. The molecule has 9 heteroatoms. The Morgan fingerprint density at radius 1 is 0.971 bits per heavy atom. The first-order chi connectivity index (χ1) is 16.5. The summed E-state index contributed by atoms with van der Waals surface area (Å²) in [4.78, 5) is 23.9. The van der Waals surface area contributed by atoms with Crippen LogP contribution in [0, 0.1) is 0 Å². The van der Waals surface area contributed by atoms with Gasteiger partial charge in [-0.05, 0) is 35.0 Å². The standard InChI is InChI=1S/C25H22N4O5/c1-15(30)34-24-22(32-2)10-16(11-23(24)33-3)14-26-29-25(31)21-13-20(27-28-21)19-9-8-17-6-4-5-7-18(17)12-19/h4-14H,1-3H3,(H,27,28)(H,29,31)/b26-14+. The number of benzene rings is 3. The second-order valence-corrected chi connectivity index (χ2v) is 7.28. The van der Waals surface area contributed by atoms with Crippen molar-refractivity contribution in [1.29, 1.82) is 0 Å². The minimum atomic E-state index is -0.507. The number of hydrogen-bond donors (Lipinski definition) is 2. The molecule has 1 heterocycles. The lowest BCUT2D eigenvalue weighted by Crippen LogP contribution is -2.18. The predicted molar refractivity (Wildman–Crippen MR) is 127 cm³/mol. The molecule has 0 unspecified atom stereocenters. The van der Waals surface area contributed by atoms with Gasteiger partial charge >= 0.3 is 5.97 Å². The molecule has 4 rings (SSSR count). The van der Waals surface area contributed by atoms with E-state index in [4.69, 9.17) is 14.2 Å². The lowest BCUT2D eigenvalue weighted by Gasteiger charge is -2.13. The van der Waals surface area contributed by atoms with E-state index in [0.717, 1.165) is 16.3 Å². The van der Waals surface area contributed by atoms with Crippen LogP contribution in [-0.2, 0) is 4.79 Å². The van der Waals surface area contributed by atoms with E-state index in [1.807, 2.05) is 42.5 Å². The highest BCUT2D eigenvalue weighted by Gasteiger charge is 2.16. The van der Waals surface area contributed by atoms with Gasteiger partial charge in [-0.1, -0.05) is 36.4 Å². The SMILES string of the molecule is COc1cc(/C=N/NC(=O)c2cc(-c3ccc4ccccc4c3)n[nH]2)cc(OC)c1OC(C)=O.